The molecule has 4 heterocycles. The van der Waals surface area contributed by atoms with E-state index in [1.807, 2.05) is 12.3 Å². The molecule has 0 saturated heterocycles. The summed E-state index contributed by atoms with van der Waals surface area (Å²) in [7, 11) is 0. The van der Waals surface area contributed by atoms with Crippen molar-refractivity contribution in [3.8, 4) is 28.3 Å². The van der Waals surface area contributed by atoms with Crippen LogP contribution >= 0.6 is 0 Å². The zero-order valence-electron chi connectivity index (χ0n) is 17.2. The van der Waals surface area contributed by atoms with Gasteiger partial charge in [-0.2, -0.15) is 0 Å². The van der Waals surface area contributed by atoms with Crippen LogP contribution in [0.2, 0.25) is 0 Å². The predicted octanol–water partition coefficient (Wildman–Crippen LogP) is 4.13. The number of imidazole rings is 1. The molecule has 160 valence electrons. The maximum absolute atomic E-state index is 13.4. The number of fused-ring (bicyclic) bond motifs is 5. The highest BCUT2D eigenvalue weighted by Crippen LogP contribution is 2.36. The van der Waals surface area contributed by atoms with Gasteiger partial charge in [0.2, 0.25) is 0 Å². The van der Waals surface area contributed by atoms with E-state index in [-0.39, 0.29) is 18.2 Å². The molecule has 2 aromatic carbocycles. The second-order valence-electron chi connectivity index (χ2n) is 8.25. The summed E-state index contributed by atoms with van der Waals surface area (Å²) < 4.78 is 17.6. The van der Waals surface area contributed by atoms with Gasteiger partial charge in [0, 0.05) is 48.5 Å². The minimum absolute atomic E-state index is 0.134. The Hall–Kier alpha value is -3.84. The number of hydrogen-bond donors (Lipinski definition) is 2. The highest BCUT2D eigenvalue weighted by atomic mass is 19.1. The van der Waals surface area contributed by atoms with Crippen molar-refractivity contribution < 1.29 is 14.6 Å². The predicted molar refractivity (Wildman–Crippen MR) is 120 cm³/mol. The molecule has 2 aliphatic heterocycles. The number of anilines is 1. The first-order chi connectivity index (χ1) is 15.6. The Kier molecular flexibility index (Phi) is 4.19. The molecule has 4 aromatic rings. The number of hydrogen-bond acceptors (Lipinski definition) is 4. The van der Waals surface area contributed by atoms with E-state index in [0.717, 1.165) is 39.6 Å². The molecular weight excluding hydrogens is 407 g/mol. The second kappa shape index (κ2) is 7.10. The van der Waals surface area contributed by atoms with Gasteiger partial charge in [0.25, 0.3) is 0 Å². The fraction of sp³-hybridized carbons (Fsp3) is 0.160. The van der Waals surface area contributed by atoms with E-state index in [4.69, 9.17) is 0 Å². The third-order valence-electron chi connectivity index (χ3n) is 6.29. The highest BCUT2D eigenvalue weighted by Gasteiger charge is 2.25. The molecule has 0 amide bonds. The molecule has 0 bridgehead atoms. The van der Waals surface area contributed by atoms with Crippen LogP contribution in [0.15, 0.2) is 78.5 Å². The highest BCUT2D eigenvalue weighted by molar-refractivity contribution is 5.72. The summed E-state index contributed by atoms with van der Waals surface area (Å²) in [5.74, 6) is 0.849. The zero-order chi connectivity index (χ0) is 21.8. The van der Waals surface area contributed by atoms with Gasteiger partial charge in [-0.25, -0.2) is 9.37 Å². The molecule has 32 heavy (non-hydrogen) atoms. The van der Waals surface area contributed by atoms with Crippen LogP contribution in [0, 0.1) is 5.82 Å². The lowest BCUT2D eigenvalue weighted by molar-refractivity contribution is 0.318. The summed E-state index contributed by atoms with van der Waals surface area (Å²) in [6.45, 7) is 1.43. The van der Waals surface area contributed by atoms with Crippen molar-refractivity contribution in [3.05, 3.63) is 89.8 Å². The van der Waals surface area contributed by atoms with Crippen molar-refractivity contribution in [3.63, 3.8) is 0 Å². The summed E-state index contributed by atoms with van der Waals surface area (Å²) >= 11 is 0. The first-order valence-electron chi connectivity index (χ1n) is 10.5. The van der Waals surface area contributed by atoms with E-state index in [0.29, 0.717) is 25.2 Å². The Morgan fingerprint density at radius 3 is 2.59 bits per heavy atom. The molecule has 0 fully saturated rings. The van der Waals surface area contributed by atoms with Gasteiger partial charge in [-0.1, -0.05) is 12.1 Å². The summed E-state index contributed by atoms with van der Waals surface area (Å²) in [5, 5.41) is 19.6. The SMILES string of the molecule is OCC1=C(O)CN(c2ccc3c(c2)Cn2cc(-c4ccc(F)cc4)cc2-c2nccn2-3)C1. The van der Waals surface area contributed by atoms with E-state index in [1.54, 1.807) is 18.3 Å². The van der Waals surface area contributed by atoms with Crippen LogP contribution in [0.4, 0.5) is 10.1 Å². The monoisotopic (exact) mass is 428 g/mol. The molecule has 0 aliphatic carbocycles. The fourth-order valence-corrected chi connectivity index (χ4v) is 4.62. The van der Waals surface area contributed by atoms with Crippen molar-refractivity contribution in [2.45, 2.75) is 6.54 Å². The van der Waals surface area contributed by atoms with E-state index >= 15 is 0 Å². The summed E-state index contributed by atoms with van der Waals surface area (Å²) in [6.07, 6.45) is 5.83. The Morgan fingerprint density at radius 2 is 1.81 bits per heavy atom. The van der Waals surface area contributed by atoms with Crippen molar-refractivity contribution in [1.82, 2.24) is 14.1 Å². The lowest BCUT2D eigenvalue weighted by Gasteiger charge is -2.20. The molecule has 6 rings (SSSR count). The summed E-state index contributed by atoms with van der Waals surface area (Å²) in [5.41, 5.74) is 6.80. The van der Waals surface area contributed by atoms with Crippen LogP contribution in [0.1, 0.15) is 5.56 Å². The van der Waals surface area contributed by atoms with Crippen molar-refractivity contribution in [2.24, 2.45) is 0 Å². The van der Waals surface area contributed by atoms with Gasteiger partial charge in [0.05, 0.1) is 24.5 Å². The zero-order valence-corrected chi connectivity index (χ0v) is 17.2. The largest absolute Gasteiger partial charge is 0.510 e. The number of aliphatic hydroxyl groups is 2. The van der Waals surface area contributed by atoms with Crippen LogP contribution in [0.25, 0.3) is 28.3 Å². The average molecular weight is 428 g/mol. The van der Waals surface area contributed by atoms with Gasteiger partial charge < -0.3 is 19.7 Å². The normalized spacial score (nSPS) is 14.9. The minimum atomic E-state index is -0.252. The smallest absolute Gasteiger partial charge is 0.161 e. The van der Waals surface area contributed by atoms with Crippen LogP contribution in [0.3, 0.4) is 0 Å². The van der Waals surface area contributed by atoms with Gasteiger partial charge in [-0.05, 0) is 47.5 Å². The molecule has 0 unspecified atom stereocenters. The van der Waals surface area contributed by atoms with Crippen molar-refractivity contribution >= 4 is 5.69 Å². The van der Waals surface area contributed by atoms with E-state index in [1.165, 1.54) is 12.1 Å². The van der Waals surface area contributed by atoms with E-state index < -0.39 is 0 Å². The Labute approximate surface area is 184 Å². The number of rotatable bonds is 3. The van der Waals surface area contributed by atoms with Crippen LogP contribution in [0.5, 0.6) is 0 Å². The van der Waals surface area contributed by atoms with Gasteiger partial charge in [-0.15, -0.1) is 0 Å². The van der Waals surface area contributed by atoms with Crippen molar-refractivity contribution in [2.75, 3.05) is 24.6 Å². The van der Waals surface area contributed by atoms with Crippen LogP contribution in [-0.4, -0.2) is 44.0 Å². The fourth-order valence-electron chi connectivity index (χ4n) is 4.62. The summed E-state index contributed by atoms with van der Waals surface area (Å²) in [6, 6.07) is 14.9. The molecule has 0 spiro atoms. The molecule has 2 N–H and O–H groups in total. The maximum Gasteiger partial charge on any atom is 0.161 e. The van der Waals surface area contributed by atoms with Gasteiger partial charge in [0.15, 0.2) is 5.82 Å². The number of nitrogens with zero attached hydrogens (tertiary/aromatic N) is 4. The molecule has 0 atom stereocenters. The van der Waals surface area contributed by atoms with Gasteiger partial charge in [-0.3, -0.25) is 4.57 Å². The first kappa shape index (κ1) is 18.9. The molecular formula is C25H21FN4O2. The van der Waals surface area contributed by atoms with E-state index in [9.17, 15) is 14.6 Å². The number of benzene rings is 2. The third kappa shape index (κ3) is 2.93. The average Bonchev–Trinajstić information content (AvgIpc) is 3.51. The maximum atomic E-state index is 13.4. The minimum Gasteiger partial charge on any atom is -0.510 e. The number of halogens is 1. The Bertz CT molecular complexity index is 1370. The summed E-state index contributed by atoms with van der Waals surface area (Å²) in [4.78, 5) is 6.67. The molecule has 6 nitrogen and oxygen atoms in total. The molecule has 2 aromatic heterocycles. The molecule has 7 heteroatoms. The number of aliphatic hydroxyl groups excluding tert-OH is 2. The third-order valence-corrected chi connectivity index (χ3v) is 6.29. The lowest BCUT2D eigenvalue weighted by Crippen LogP contribution is -2.21. The van der Waals surface area contributed by atoms with Crippen LogP contribution in [-0.2, 0) is 6.54 Å². The van der Waals surface area contributed by atoms with Gasteiger partial charge >= 0.3 is 0 Å². The lowest BCUT2D eigenvalue weighted by atomic mass is 10.1. The standard InChI is InChI=1S/C25H21FN4O2/c26-20-3-1-16(2-4-20)17-10-23-25-27-7-8-30(25)22-6-5-21(9-18(22)12-29(23)11-17)28-13-19(15-31)24(32)14-28/h1-11,31-32H,12-15H2. The molecule has 0 saturated carbocycles. The van der Waals surface area contributed by atoms with E-state index in [2.05, 4.69) is 43.4 Å². The Balaban J connectivity index is 1.42. The van der Waals surface area contributed by atoms with Gasteiger partial charge in [0.1, 0.15) is 11.6 Å². The van der Waals surface area contributed by atoms with Crippen molar-refractivity contribution in [1.29, 1.82) is 0 Å². The quantitative estimate of drug-likeness (QED) is 0.454. The number of aromatic nitrogens is 3. The molecule has 0 radical (unpaired) electrons. The first-order valence-corrected chi connectivity index (χ1v) is 10.5. The second-order valence-corrected chi connectivity index (χ2v) is 8.25. The molecule has 2 aliphatic rings. The Morgan fingerprint density at radius 1 is 0.969 bits per heavy atom. The van der Waals surface area contributed by atoms with Crippen LogP contribution < -0.4 is 4.90 Å². The topological polar surface area (TPSA) is 66.5 Å².